The van der Waals surface area contributed by atoms with E-state index in [4.69, 9.17) is 0 Å². The minimum absolute atomic E-state index is 0.902. The van der Waals surface area contributed by atoms with Crippen molar-refractivity contribution in [3.63, 3.8) is 0 Å². The number of allylic oxidation sites excluding steroid dienone is 2. The predicted octanol–water partition coefficient (Wildman–Crippen LogP) is 9.63. The fourth-order valence-electron chi connectivity index (χ4n) is 5.61. The number of fused-ring (bicyclic) bond motifs is 2. The summed E-state index contributed by atoms with van der Waals surface area (Å²) in [6, 6.07) is 0. The van der Waals surface area contributed by atoms with Crippen LogP contribution >= 0.6 is 0 Å². The summed E-state index contributed by atoms with van der Waals surface area (Å²) in [4.78, 5) is 0. The van der Waals surface area contributed by atoms with E-state index in [1.807, 2.05) is 0 Å². The molecule has 0 radical (unpaired) electrons. The van der Waals surface area contributed by atoms with Crippen LogP contribution < -0.4 is 0 Å². The Balaban J connectivity index is 1.75. The quantitative estimate of drug-likeness (QED) is 0.401. The van der Waals surface area contributed by atoms with Gasteiger partial charge in [0.1, 0.15) is 0 Å². The molecule has 0 spiro atoms. The van der Waals surface area contributed by atoms with E-state index in [-0.39, 0.29) is 0 Å². The van der Waals surface area contributed by atoms with Crippen molar-refractivity contribution in [2.45, 2.75) is 142 Å². The zero-order chi connectivity index (χ0) is 19.0. The second kappa shape index (κ2) is 15.6. The van der Waals surface area contributed by atoms with Crippen LogP contribution in [-0.4, -0.2) is 0 Å². The van der Waals surface area contributed by atoms with Gasteiger partial charge >= 0.3 is 0 Å². The van der Waals surface area contributed by atoms with Crippen LogP contribution in [0.4, 0.5) is 0 Å². The molecule has 1 fully saturated rings. The largest absolute Gasteiger partial charge is 0.0883 e. The summed E-state index contributed by atoms with van der Waals surface area (Å²) in [5.41, 5.74) is 0. The van der Waals surface area contributed by atoms with Crippen molar-refractivity contribution in [3.8, 4) is 0 Å². The molecule has 3 unspecified atom stereocenters. The van der Waals surface area contributed by atoms with Crippen LogP contribution in [0.1, 0.15) is 142 Å². The maximum atomic E-state index is 2.61. The maximum absolute atomic E-state index is 2.61. The van der Waals surface area contributed by atoms with E-state index >= 15 is 0 Å². The van der Waals surface area contributed by atoms with Gasteiger partial charge in [-0.2, -0.15) is 0 Å². The zero-order valence-electron chi connectivity index (χ0n) is 18.7. The Bertz CT molecular complexity index is 355. The number of hydrogen-bond donors (Lipinski definition) is 0. The molecule has 0 N–H and O–H groups in total. The van der Waals surface area contributed by atoms with E-state index in [1.165, 1.54) is 135 Å². The lowest BCUT2D eigenvalue weighted by Crippen LogP contribution is -2.17. The first kappa shape index (κ1) is 23.0. The lowest BCUT2D eigenvalue weighted by molar-refractivity contribution is 0.241. The van der Waals surface area contributed by atoms with Crippen LogP contribution in [0, 0.1) is 17.8 Å². The topological polar surface area (TPSA) is 0 Å². The summed E-state index contributed by atoms with van der Waals surface area (Å²) >= 11 is 0. The maximum Gasteiger partial charge on any atom is -0.0231 e. The molecule has 0 nitrogen and oxygen atoms in total. The Morgan fingerprint density at radius 2 is 1.19 bits per heavy atom. The molecule has 0 heteroatoms. The van der Waals surface area contributed by atoms with E-state index in [0.717, 1.165) is 17.8 Å². The smallest absolute Gasteiger partial charge is 0.0231 e. The van der Waals surface area contributed by atoms with Crippen molar-refractivity contribution in [2.24, 2.45) is 17.8 Å². The average molecular weight is 375 g/mol. The standard InChI is InChI=1S/C27H50/c1-2-25-19-16-14-12-10-8-6-4-3-5-7-9-11-13-15-17-20-26-21-18-22-27(23-25)24-26/h17,20,25-27H,2-16,18-19,21-24H2,1H3/b20-17-. The van der Waals surface area contributed by atoms with Gasteiger partial charge in [-0.1, -0.05) is 122 Å². The Labute approximate surface area is 172 Å². The molecule has 0 aromatic rings. The molecule has 2 rings (SSSR count). The molecule has 158 valence electrons. The third kappa shape index (κ3) is 11.4. The second-order valence-corrected chi connectivity index (χ2v) is 9.90. The summed E-state index contributed by atoms with van der Waals surface area (Å²) in [6.45, 7) is 2.44. The fourth-order valence-corrected chi connectivity index (χ4v) is 5.61. The number of hydrogen-bond acceptors (Lipinski definition) is 0. The highest BCUT2D eigenvalue weighted by Gasteiger charge is 2.22. The molecule has 0 amide bonds. The van der Waals surface area contributed by atoms with Crippen molar-refractivity contribution in [1.29, 1.82) is 0 Å². The van der Waals surface area contributed by atoms with E-state index in [0.29, 0.717) is 0 Å². The summed E-state index contributed by atoms with van der Waals surface area (Å²) in [5, 5.41) is 0. The highest BCUT2D eigenvalue weighted by Crippen LogP contribution is 2.36. The molecule has 27 heavy (non-hydrogen) atoms. The third-order valence-electron chi connectivity index (χ3n) is 7.46. The molecule has 2 aliphatic rings. The van der Waals surface area contributed by atoms with Crippen LogP contribution in [0.25, 0.3) is 0 Å². The highest BCUT2D eigenvalue weighted by atomic mass is 14.3. The normalized spacial score (nSPS) is 32.7. The molecule has 0 aliphatic heterocycles. The first-order valence-electron chi connectivity index (χ1n) is 13.0. The third-order valence-corrected chi connectivity index (χ3v) is 7.46. The molecule has 3 atom stereocenters. The fraction of sp³-hybridized carbons (Fsp3) is 0.926. The van der Waals surface area contributed by atoms with Gasteiger partial charge in [0.15, 0.2) is 0 Å². The van der Waals surface area contributed by atoms with Gasteiger partial charge in [-0.25, -0.2) is 0 Å². The first-order chi connectivity index (χ1) is 13.4. The summed E-state index contributed by atoms with van der Waals surface area (Å²) in [7, 11) is 0. The molecule has 0 heterocycles. The van der Waals surface area contributed by atoms with Crippen molar-refractivity contribution in [2.75, 3.05) is 0 Å². The minimum atomic E-state index is 0.902. The Morgan fingerprint density at radius 3 is 1.81 bits per heavy atom. The number of rotatable bonds is 1. The molecule has 0 saturated heterocycles. The van der Waals surface area contributed by atoms with Crippen LogP contribution in [-0.2, 0) is 0 Å². The van der Waals surface area contributed by atoms with Gasteiger partial charge < -0.3 is 0 Å². The van der Waals surface area contributed by atoms with E-state index < -0.39 is 0 Å². The van der Waals surface area contributed by atoms with Gasteiger partial charge in [-0.3, -0.25) is 0 Å². The summed E-state index contributed by atoms with van der Waals surface area (Å²) < 4.78 is 0. The van der Waals surface area contributed by atoms with Crippen LogP contribution in [0.15, 0.2) is 12.2 Å². The minimum Gasteiger partial charge on any atom is -0.0883 e. The molecular formula is C27H50. The van der Waals surface area contributed by atoms with E-state index in [2.05, 4.69) is 19.1 Å². The van der Waals surface area contributed by atoms with E-state index in [9.17, 15) is 0 Å². The lowest BCUT2D eigenvalue weighted by atomic mass is 9.76. The van der Waals surface area contributed by atoms with Gasteiger partial charge in [-0.05, 0) is 49.9 Å². The van der Waals surface area contributed by atoms with Crippen LogP contribution in [0.2, 0.25) is 0 Å². The highest BCUT2D eigenvalue weighted by molar-refractivity contribution is 4.91. The molecule has 2 bridgehead atoms. The monoisotopic (exact) mass is 374 g/mol. The first-order valence-corrected chi connectivity index (χ1v) is 13.0. The molecular weight excluding hydrogens is 324 g/mol. The summed E-state index contributed by atoms with van der Waals surface area (Å²) in [5.74, 6) is 2.94. The lowest BCUT2D eigenvalue weighted by Gasteiger charge is -2.30. The van der Waals surface area contributed by atoms with Crippen molar-refractivity contribution in [1.82, 2.24) is 0 Å². The van der Waals surface area contributed by atoms with Crippen molar-refractivity contribution < 1.29 is 0 Å². The van der Waals surface area contributed by atoms with Gasteiger partial charge in [0.05, 0.1) is 0 Å². The zero-order valence-corrected chi connectivity index (χ0v) is 18.7. The second-order valence-electron chi connectivity index (χ2n) is 9.90. The Kier molecular flexibility index (Phi) is 13.3. The Hall–Kier alpha value is -0.260. The molecule has 0 aromatic heterocycles. The van der Waals surface area contributed by atoms with Crippen molar-refractivity contribution >= 4 is 0 Å². The van der Waals surface area contributed by atoms with Gasteiger partial charge in [-0.15, -0.1) is 0 Å². The van der Waals surface area contributed by atoms with Gasteiger partial charge in [0.2, 0.25) is 0 Å². The summed E-state index contributed by atoms with van der Waals surface area (Å²) in [6.07, 6.45) is 36.1. The molecule has 2 aliphatic carbocycles. The van der Waals surface area contributed by atoms with Crippen LogP contribution in [0.5, 0.6) is 0 Å². The predicted molar refractivity (Wildman–Crippen MR) is 122 cm³/mol. The van der Waals surface area contributed by atoms with Gasteiger partial charge in [0.25, 0.3) is 0 Å². The molecule has 0 aromatic carbocycles. The SMILES string of the molecule is CCC1CCCCCCCCCCCCCCC/C=C\C2CCCC(C2)C1. The van der Waals surface area contributed by atoms with Crippen molar-refractivity contribution in [3.05, 3.63) is 12.2 Å². The van der Waals surface area contributed by atoms with E-state index in [1.54, 1.807) is 0 Å². The Morgan fingerprint density at radius 1 is 0.593 bits per heavy atom. The van der Waals surface area contributed by atoms with Gasteiger partial charge in [0, 0.05) is 0 Å². The average Bonchev–Trinajstić information content (AvgIpc) is 2.69. The van der Waals surface area contributed by atoms with Crippen LogP contribution in [0.3, 0.4) is 0 Å². The molecule has 1 saturated carbocycles.